The molecule has 11 nitrogen and oxygen atoms in total. The topological polar surface area (TPSA) is 143 Å². The molecular formula is C44H55ClF3N5O6. The van der Waals surface area contributed by atoms with Crippen LogP contribution in [0.25, 0.3) is 16.7 Å². The third-order valence-corrected chi connectivity index (χ3v) is 9.75. The van der Waals surface area contributed by atoms with Gasteiger partial charge in [-0.3, -0.25) is 24.4 Å². The fourth-order valence-electron chi connectivity index (χ4n) is 6.69. The normalized spacial score (nSPS) is 16.5. The second-order valence-electron chi connectivity index (χ2n) is 14.0. The van der Waals surface area contributed by atoms with Crippen molar-refractivity contribution in [1.29, 1.82) is 0 Å². The van der Waals surface area contributed by atoms with Crippen molar-refractivity contribution in [1.82, 2.24) is 20.1 Å². The average molecular weight is 842 g/mol. The number of nitrogens with zero attached hydrogens (tertiary/aromatic N) is 3. The number of carbonyl (C=O) groups is 2. The van der Waals surface area contributed by atoms with Crippen molar-refractivity contribution in [2.24, 2.45) is 11.7 Å². The Bertz CT molecular complexity index is 1910. The van der Waals surface area contributed by atoms with Gasteiger partial charge < -0.3 is 30.0 Å². The second kappa shape index (κ2) is 24.3. The van der Waals surface area contributed by atoms with Crippen LogP contribution >= 0.6 is 11.6 Å². The number of para-hydroxylation sites is 1. The maximum atomic E-state index is 12.1. The summed E-state index contributed by atoms with van der Waals surface area (Å²) < 4.78 is 50.6. The van der Waals surface area contributed by atoms with E-state index in [0.717, 1.165) is 86.8 Å². The van der Waals surface area contributed by atoms with E-state index >= 15 is 0 Å². The number of rotatable bonds is 12. The predicted molar refractivity (Wildman–Crippen MR) is 223 cm³/mol. The summed E-state index contributed by atoms with van der Waals surface area (Å²) in [5.41, 5.74) is 8.70. The van der Waals surface area contributed by atoms with Crippen LogP contribution in [-0.2, 0) is 27.2 Å². The number of fused-ring (bicyclic) bond motifs is 2. The summed E-state index contributed by atoms with van der Waals surface area (Å²) in [6.07, 6.45) is 7.58. The number of aryl methyl sites for hydroxylation is 1. The zero-order valence-electron chi connectivity index (χ0n) is 33.6. The molecule has 59 heavy (non-hydrogen) atoms. The summed E-state index contributed by atoms with van der Waals surface area (Å²) in [5.74, 6) is 2.63. The molecule has 2 amide bonds. The molecule has 5 heterocycles. The number of benzene rings is 2. The highest BCUT2D eigenvalue weighted by molar-refractivity contribution is 6.30. The lowest BCUT2D eigenvalue weighted by Crippen LogP contribution is -2.49. The Hall–Kier alpha value is -4.89. The molecule has 0 spiro atoms. The van der Waals surface area contributed by atoms with E-state index in [1.807, 2.05) is 62.4 Å². The van der Waals surface area contributed by atoms with Gasteiger partial charge in [-0.1, -0.05) is 55.8 Å². The van der Waals surface area contributed by atoms with Crippen molar-refractivity contribution in [3.8, 4) is 5.75 Å². The SMILES string of the molecule is CC.NC(=O)[C@H](Cc1cc2ccncc2o1)CC(O)CN1CCN(CC2=CCCC=C(c3cccc(Cl)c3)O2)CC1.O=CNCC(F)(F)F.c1ccc2c(c1)CCCO2. The molecule has 3 aliphatic heterocycles. The summed E-state index contributed by atoms with van der Waals surface area (Å²) in [6, 6.07) is 19.8. The Balaban J connectivity index is 0.000000314. The Kier molecular flexibility index (Phi) is 19.2. The first kappa shape index (κ1) is 46.8. The number of carbonyl (C=O) groups excluding carboxylic acids is 2. The molecule has 0 saturated carbocycles. The largest absolute Gasteiger partial charge is 0.493 e. The lowest BCUT2D eigenvalue weighted by atomic mass is 9.95. The molecule has 0 bridgehead atoms. The minimum atomic E-state index is -4.29. The summed E-state index contributed by atoms with van der Waals surface area (Å²) >= 11 is 6.18. The number of piperazine rings is 1. The molecule has 15 heteroatoms. The minimum absolute atomic E-state index is 0.00743. The summed E-state index contributed by atoms with van der Waals surface area (Å²) in [6.45, 7) is 8.28. The molecule has 0 radical (unpaired) electrons. The van der Waals surface area contributed by atoms with Crippen LogP contribution in [0.4, 0.5) is 13.2 Å². The first-order valence-corrected chi connectivity index (χ1v) is 20.4. The van der Waals surface area contributed by atoms with Crippen LogP contribution < -0.4 is 15.8 Å². The van der Waals surface area contributed by atoms with E-state index < -0.39 is 30.7 Å². The van der Waals surface area contributed by atoms with Crippen molar-refractivity contribution >= 4 is 40.6 Å². The van der Waals surface area contributed by atoms with E-state index in [2.05, 4.69) is 39.1 Å². The van der Waals surface area contributed by atoms with Crippen molar-refractivity contribution in [3.05, 3.63) is 113 Å². The number of aromatic nitrogens is 1. The predicted octanol–water partition coefficient (Wildman–Crippen LogP) is 7.56. The lowest BCUT2D eigenvalue weighted by molar-refractivity contribution is -0.132. The highest BCUT2D eigenvalue weighted by Crippen LogP contribution is 2.27. The van der Waals surface area contributed by atoms with E-state index in [9.17, 15) is 27.9 Å². The van der Waals surface area contributed by atoms with Crippen LogP contribution in [0.5, 0.6) is 5.75 Å². The third-order valence-electron chi connectivity index (χ3n) is 9.52. The van der Waals surface area contributed by atoms with Gasteiger partial charge in [-0.15, -0.1) is 0 Å². The molecule has 1 unspecified atom stereocenters. The van der Waals surface area contributed by atoms with E-state index in [1.54, 1.807) is 12.4 Å². The third kappa shape index (κ3) is 16.4. The fourth-order valence-corrected chi connectivity index (χ4v) is 6.88. The number of halogens is 4. The summed E-state index contributed by atoms with van der Waals surface area (Å²) in [5, 5.41) is 13.9. The first-order chi connectivity index (χ1) is 28.5. The maximum absolute atomic E-state index is 12.1. The van der Waals surface area contributed by atoms with Crippen LogP contribution in [0.1, 0.15) is 56.4 Å². The smallest absolute Gasteiger partial charge is 0.405 e. The number of hydrogen-bond donors (Lipinski definition) is 3. The van der Waals surface area contributed by atoms with Crippen molar-refractivity contribution < 1.29 is 41.8 Å². The van der Waals surface area contributed by atoms with E-state index in [-0.39, 0.29) is 6.41 Å². The number of aliphatic hydroxyl groups is 1. The Labute approximate surface area is 349 Å². The highest BCUT2D eigenvalue weighted by Gasteiger charge is 2.27. The Morgan fingerprint density at radius 1 is 1.03 bits per heavy atom. The number of pyridine rings is 1. The van der Waals surface area contributed by atoms with Gasteiger partial charge in [0.1, 0.15) is 29.6 Å². The van der Waals surface area contributed by atoms with Crippen LogP contribution in [0.3, 0.4) is 0 Å². The number of nitrogens with two attached hydrogens (primary N) is 1. The van der Waals surface area contributed by atoms with Gasteiger partial charge in [0.25, 0.3) is 0 Å². The lowest BCUT2D eigenvalue weighted by Gasteiger charge is -2.36. The maximum Gasteiger partial charge on any atom is 0.405 e. The number of primary amides is 1. The fraction of sp³-hybridized carbons (Fsp3) is 0.432. The Morgan fingerprint density at radius 2 is 1.78 bits per heavy atom. The number of nitrogens with one attached hydrogen (secondary N) is 1. The first-order valence-electron chi connectivity index (χ1n) is 20.0. The molecule has 2 aromatic carbocycles. The monoisotopic (exact) mass is 841 g/mol. The molecule has 2 aromatic heterocycles. The molecule has 4 N–H and O–H groups in total. The van der Waals surface area contributed by atoms with Crippen molar-refractivity contribution in [2.45, 2.75) is 64.7 Å². The number of amides is 2. The van der Waals surface area contributed by atoms with Gasteiger partial charge in [0, 0.05) is 67.2 Å². The van der Waals surface area contributed by atoms with Crippen molar-refractivity contribution in [3.63, 3.8) is 0 Å². The van der Waals surface area contributed by atoms with Gasteiger partial charge in [0.05, 0.1) is 25.5 Å². The van der Waals surface area contributed by atoms with Crippen LogP contribution in [0.15, 0.2) is 95.4 Å². The number of allylic oxidation sites excluding steroid dienone is 2. The van der Waals surface area contributed by atoms with E-state index in [4.69, 9.17) is 31.2 Å². The molecule has 1 fully saturated rings. The van der Waals surface area contributed by atoms with Gasteiger partial charge in [-0.25, -0.2) is 0 Å². The molecule has 1 saturated heterocycles. The average Bonchev–Trinajstić information content (AvgIpc) is 3.50. The van der Waals surface area contributed by atoms with Crippen LogP contribution in [-0.4, -0.2) is 96.9 Å². The molecular weight excluding hydrogens is 787 g/mol. The standard InChI is InChI=1S/C30H35ClN4O4.C9H10O.C3H4F3NO.C2H6/c31-24-5-3-4-21(14-24)28-7-2-1-6-26(38-28)20-35-12-10-34(11-13-35)19-25(36)15-23(30(32)37)17-27-16-22-8-9-33-18-29(22)39-27;1-2-6-9-8(4-1)5-3-7-10-9;4-3(5,6)1-7-2-8;1-2/h3-9,14,16,18,23,25,36H,1-2,10-13,15,17,19-20H2,(H2,32,37);1-2,4,6H,3,5,7H2;2H,1H2,(H,7,8);1-2H3/t23-,25?;;;/m0.../s1. The van der Waals surface area contributed by atoms with E-state index in [0.29, 0.717) is 35.8 Å². The molecule has 0 aliphatic carbocycles. The molecule has 7 rings (SSSR count). The molecule has 3 aliphatic rings. The van der Waals surface area contributed by atoms with Gasteiger partial charge in [0.15, 0.2) is 5.58 Å². The van der Waals surface area contributed by atoms with Crippen molar-refractivity contribution in [2.75, 3.05) is 52.4 Å². The summed E-state index contributed by atoms with van der Waals surface area (Å²) in [7, 11) is 0. The molecule has 4 aromatic rings. The second-order valence-corrected chi connectivity index (χ2v) is 14.4. The summed E-state index contributed by atoms with van der Waals surface area (Å²) in [4.78, 5) is 30.1. The Morgan fingerprint density at radius 3 is 2.46 bits per heavy atom. The minimum Gasteiger partial charge on any atom is -0.493 e. The number of β-amino-alcohol motifs (C(OH)–C–C–N with tert-alkyl or cyclic N) is 1. The highest BCUT2D eigenvalue weighted by atomic mass is 35.5. The van der Waals surface area contributed by atoms with Crippen LogP contribution in [0, 0.1) is 5.92 Å². The van der Waals surface area contributed by atoms with Gasteiger partial charge >= 0.3 is 6.18 Å². The number of hydrogen-bond acceptors (Lipinski definition) is 9. The molecule has 2 atom stereocenters. The molecule has 320 valence electrons. The van der Waals surface area contributed by atoms with Gasteiger partial charge in [0.2, 0.25) is 12.3 Å². The van der Waals surface area contributed by atoms with E-state index in [1.165, 1.54) is 17.3 Å². The van der Waals surface area contributed by atoms with Gasteiger partial charge in [-0.05, 0) is 80.2 Å². The van der Waals surface area contributed by atoms with Gasteiger partial charge in [-0.2, -0.15) is 13.2 Å². The zero-order valence-corrected chi connectivity index (χ0v) is 34.4. The van der Waals surface area contributed by atoms with Crippen LogP contribution in [0.2, 0.25) is 5.02 Å². The number of alkyl halides is 3. The number of ether oxygens (including phenoxy) is 2. The zero-order chi connectivity index (χ0) is 42.6. The number of furan rings is 1. The quantitative estimate of drug-likeness (QED) is 0.123. The number of aliphatic hydroxyl groups excluding tert-OH is 1.